The zero-order chi connectivity index (χ0) is 14.3. The Morgan fingerprint density at radius 2 is 2.11 bits per heavy atom. The minimum absolute atomic E-state index is 0.0315. The van der Waals surface area contributed by atoms with Crippen LogP contribution in [0.25, 0.3) is 0 Å². The van der Waals surface area contributed by atoms with Crippen LogP contribution < -0.4 is 4.74 Å². The summed E-state index contributed by atoms with van der Waals surface area (Å²) in [7, 11) is 0. The molecular weight excluding hydrogens is 306 g/mol. The molecule has 0 heterocycles. The summed E-state index contributed by atoms with van der Waals surface area (Å²) in [5.74, 6) is 0.727. The maximum atomic E-state index is 9.25. The number of benzene rings is 1. The van der Waals surface area contributed by atoms with E-state index in [9.17, 15) is 5.11 Å². The van der Waals surface area contributed by atoms with Crippen LogP contribution in [0.3, 0.4) is 0 Å². The second-order valence-electron chi connectivity index (χ2n) is 5.21. The maximum Gasteiger partial charge on any atom is 0.124 e. The standard InChI is InChI=1S/C15H20BrNO2/c1-15(2,11-17)7-3-4-8-19-14-6-5-13(16)9-12(14)10-18/h5-6,9,18H,3-4,7-8,10H2,1-2H3. The lowest BCUT2D eigenvalue weighted by atomic mass is 9.89. The SMILES string of the molecule is CC(C)(C#N)CCCCOc1ccc(Br)cc1CO. The number of unbranched alkanes of at least 4 members (excludes halogenated alkanes) is 1. The van der Waals surface area contributed by atoms with Crippen molar-refractivity contribution in [3.8, 4) is 11.8 Å². The van der Waals surface area contributed by atoms with E-state index in [4.69, 9.17) is 10.00 Å². The quantitative estimate of drug-likeness (QED) is 0.769. The van der Waals surface area contributed by atoms with Crippen LogP contribution in [0.15, 0.2) is 22.7 Å². The van der Waals surface area contributed by atoms with E-state index in [0.29, 0.717) is 6.61 Å². The van der Waals surface area contributed by atoms with Gasteiger partial charge in [0.25, 0.3) is 0 Å². The smallest absolute Gasteiger partial charge is 0.124 e. The molecule has 4 heteroatoms. The number of nitriles is 1. The van der Waals surface area contributed by atoms with Crippen molar-refractivity contribution >= 4 is 15.9 Å². The molecule has 19 heavy (non-hydrogen) atoms. The molecule has 0 saturated carbocycles. The van der Waals surface area contributed by atoms with E-state index in [2.05, 4.69) is 22.0 Å². The highest BCUT2D eigenvalue weighted by Crippen LogP contribution is 2.24. The van der Waals surface area contributed by atoms with Crippen molar-refractivity contribution in [1.82, 2.24) is 0 Å². The Labute approximate surface area is 123 Å². The average Bonchev–Trinajstić information content (AvgIpc) is 2.39. The van der Waals surface area contributed by atoms with Crippen molar-refractivity contribution in [3.63, 3.8) is 0 Å². The van der Waals surface area contributed by atoms with Crippen LogP contribution in [0.2, 0.25) is 0 Å². The Bertz CT molecular complexity index is 452. The number of rotatable bonds is 7. The average molecular weight is 326 g/mol. The minimum atomic E-state index is -0.256. The topological polar surface area (TPSA) is 53.2 Å². The summed E-state index contributed by atoms with van der Waals surface area (Å²) in [5.41, 5.74) is 0.528. The molecule has 0 fully saturated rings. The molecule has 0 aromatic heterocycles. The summed E-state index contributed by atoms with van der Waals surface area (Å²) in [5, 5.41) is 18.2. The number of nitrogens with zero attached hydrogens (tertiary/aromatic N) is 1. The first kappa shape index (κ1) is 16.0. The van der Waals surface area contributed by atoms with E-state index in [-0.39, 0.29) is 12.0 Å². The number of halogens is 1. The molecule has 0 atom stereocenters. The summed E-state index contributed by atoms with van der Waals surface area (Å²) in [6.45, 7) is 4.48. The molecule has 0 aliphatic heterocycles. The van der Waals surface area contributed by atoms with Crippen molar-refractivity contribution in [1.29, 1.82) is 5.26 Å². The molecular formula is C15H20BrNO2. The first-order chi connectivity index (χ1) is 8.98. The zero-order valence-corrected chi connectivity index (χ0v) is 13.0. The highest BCUT2D eigenvalue weighted by Gasteiger charge is 2.15. The third-order valence-corrected chi connectivity index (χ3v) is 3.44. The minimum Gasteiger partial charge on any atom is -0.493 e. The largest absolute Gasteiger partial charge is 0.493 e. The fourth-order valence-electron chi connectivity index (χ4n) is 1.72. The number of hydrogen-bond acceptors (Lipinski definition) is 3. The lowest BCUT2D eigenvalue weighted by Gasteiger charge is -2.15. The Morgan fingerprint density at radius 1 is 1.37 bits per heavy atom. The van der Waals surface area contributed by atoms with E-state index in [1.165, 1.54) is 0 Å². The molecule has 1 rings (SSSR count). The van der Waals surface area contributed by atoms with Crippen molar-refractivity contribution in [3.05, 3.63) is 28.2 Å². The fourth-order valence-corrected chi connectivity index (χ4v) is 2.13. The van der Waals surface area contributed by atoms with E-state index in [1.54, 1.807) is 0 Å². The van der Waals surface area contributed by atoms with Gasteiger partial charge in [-0.05, 0) is 51.3 Å². The van der Waals surface area contributed by atoms with Crippen LogP contribution in [0.5, 0.6) is 5.75 Å². The van der Waals surface area contributed by atoms with Crippen molar-refractivity contribution in [2.45, 2.75) is 39.7 Å². The molecule has 0 bridgehead atoms. The van der Waals surface area contributed by atoms with Gasteiger partial charge in [0, 0.05) is 10.0 Å². The van der Waals surface area contributed by atoms with Gasteiger partial charge in [0.1, 0.15) is 5.75 Å². The summed E-state index contributed by atoms with van der Waals surface area (Å²) < 4.78 is 6.60. The third-order valence-electron chi connectivity index (χ3n) is 2.95. The van der Waals surface area contributed by atoms with Gasteiger partial charge in [0.2, 0.25) is 0 Å². The Hall–Kier alpha value is -1.05. The summed E-state index contributed by atoms with van der Waals surface area (Å²) in [6.07, 6.45) is 2.75. The molecule has 0 radical (unpaired) electrons. The molecule has 0 saturated heterocycles. The van der Waals surface area contributed by atoms with Gasteiger partial charge in [-0.15, -0.1) is 0 Å². The summed E-state index contributed by atoms with van der Waals surface area (Å²) >= 11 is 3.36. The van der Waals surface area contributed by atoms with E-state index >= 15 is 0 Å². The van der Waals surface area contributed by atoms with Gasteiger partial charge >= 0.3 is 0 Å². The Balaban J connectivity index is 2.36. The van der Waals surface area contributed by atoms with Gasteiger partial charge < -0.3 is 9.84 Å². The zero-order valence-electron chi connectivity index (χ0n) is 11.4. The maximum absolute atomic E-state index is 9.25. The summed E-state index contributed by atoms with van der Waals surface area (Å²) in [4.78, 5) is 0. The lowest BCUT2D eigenvalue weighted by molar-refractivity contribution is 0.257. The van der Waals surface area contributed by atoms with Gasteiger partial charge in [-0.1, -0.05) is 15.9 Å². The van der Waals surface area contributed by atoms with Gasteiger partial charge in [-0.25, -0.2) is 0 Å². The molecule has 0 unspecified atom stereocenters. The van der Waals surface area contributed by atoms with Crippen molar-refractivity contribution in [2.75, 3.05) is 6.61 Å². The van der Waals surface area contributed by atoms with Crippen LogP contribution >= 0.6 is 15.9 Å². The Kier molecular flexibility index (Phi) is 6.33. The number of hydrogen-bond donors (Lipinski definition) is 1. The predicted molar refractivity (Wildman–Crippen MR) is 78.8 cm³/mol. The van der Waals surface area contributed by atoms with Gasteiger partial charge in [-0.3, -0.25) is 0 Å². The monoisotopic (exact) mass is 325 g/mol. The van der Waals surface area contributed by atoms with Gasteiger partial charge in [-0.2, -0.15) is 5.26 Å². The molecule has 1 aromatic carbocycles. The predicted octanol–water partition coefficient (Wildman–Crippen LogP) is 4.04. The molecule has 0 aliphatic carbocycles. The van der Waals surface area contributed by atoms with Crippen LogP contribution in [0, 0.1) is 16.7 Å². The van der Waals surface area contributed by atoms with Gasteiger partial charge in [0.15, 0.2) is 0 Å². The molecule has 3 nitrogen and oxygen atoms in total. The van der Waals surface area contributed by atoms with E-state index < -0.39 is 0 Å². The summed E-state index contributed by atoms with van der Waals surface area (Å²) in [6, 6.07) is 7.90. The fraction of sp³-hybridized carbons (Fsp3) is 0.533. The second-order valence-corrected chi connectivity index (χ2v) is 6.13. The van der Waals surface area contributed by atoms with Gasteiger partial charge in [0.05, 0.1) is 24.7 Å². The van der Waals surface area contributed by atoms with Crippen LogP contribution in [-0.2, 0) is 6.61 Å². The first-order valence-corrected chi connectivity index (χ1v) is 7.21. The number of aliphatic hydroxyl groups is 1. The highest BCUT2D eigenvalue weighted by molar-refractivity contribution is 9.10. The molecule has 1 N–H and O–H groups in total. The van der Waals surface area contributed by atoms with Crippen molar-refractivity contribution < 1.29 is 9.84 Å². The number of ether oxygens (including phenoxy) is 1. The third kappa shape index (κ3) is 5.63. The van der Waals surface area contributed by atoms with E-state index in [1.807, 2.05) is 32.0 Å². The molecule has 0 aliphatic rings. The molecule has 0 amide bonds. The molecule has 1 aromatic rings. The van der Waals surface area contributed by atoms with Crippen LogP contribution in [0.1, 0.15) is 38.7 Å². The molecule has 104 valence electrons. The van der Waals surface area contributed by atoms with Crippen LogP contribution in [-0.4, -0.2) is 11.7 Å². The van der Waals surface area contributed by atoms with E-state index in [0.717, 1.165) is 35.0 Å². The van der Waals surface area contributed by atoms with Crippen LogP contribution in [0.4, 0.5) is 0 Å². The Morgan fingerprint density at radius 3 is 2.74 bits per heavy atom. The lowest BCUT2D eigenvalue weighted by Crippen LogP contribution is -2.08. The molecule has 0 spiro atoms. The highest BCUT2D eigenvalue weighted by atomic mass is 79.9. The number of aliphatic hydroxyl groups excluding tert-OH is 1. The first-order valence-electron chi connectivity index (χ1n) is 6.42. The second kappa shape index (κ2) is 7.52. The van der Waals surface area contributed by atoms with Crippen molar-refractivity contribution in [2.24, 2.45) is 5.41 Å². The normalized spacial score (nSPS) is 11.1.